The van der Waals surface area contributed by atoms with Crippen LogP contribution in [0.2, 0.25) is 0 Å². The van der Waals surface area contributed by atoms with Crippen molar-refractivity contribution in [1.29, 1.82) is 0 Å². The summed E-state index contributed by atoms with van der Waals surface area (Å²) in [5, 5.41) is 26.1. The van der Waals surface area contributed by atoms with Gasteiger partial charge in [-0.1, -0.05) is 24.3 Å². The normalized spacial score (nSPS) is 13.7. The van der Waals surface area contributed by atoms with Gasteiger partial charge in [0.2, 0.25) is 0 Å². The van der Waals surface area contributed by atoms with Crippen LogP contribution in [-0.2, 0) is 0 Å². The van der Waals surface area contributed by atoms with Crippen molar-refractivity contribution in [3.8, 4) is 0 Å². The first-order chi connectivity index (χ1) is 8.85. The van der Waals surface area contributed by atoms with Crippen LogP contribution in [0.3, 0.4) is 0 Å². The Balaban J connectivity index is 3.83. The minimum Gasteiger partial charge on any atom is -0.396 e. The van der Waals surface area contributed by atoms with E-state index in [0.29, 0.717) is 5.92 Å². The molecule has 0 aliphatic heterocycles. The predicted molar refractivity (Wildman–Crippen MR) is 78.8 cm³/mol. The topological polar surface area (TPSA) is 60.7 Å². The van der Waals surface area contributed by atoms with Gasteiger partial charge >= 0.3 is 0 Å². The van der Waals surface area contributed by atoms with Gasteiger partial charge in [0.05, 0.1) is 19.8 Å². The zero-order chi connectivity index (χ0) is 13.5. The molecule has 0 saturated heterocycles. The van der Waals surface area contributed by atoms with Crippen LogP contribution in [0, 0.1) is 5.92 Å². The number of rotatable bonds is 12. The maximum absolute atomic E-state index is 8.71. The fourth-order valence-electron chi connectivity index (χ4n) is 1.68. The summed E-state index contributed by atoms with van der Waals surface area (Å²) in [6.07, 6.45) is 11.8. The van der Waals surface area contributed by atoms with Gasteiger partial charge in [0.25, 0.3) is 0 Å². The first-order valence-electron chi connectivity index (χ1n) is 6.55. The molecular weight excluding hydrogens is 248 g/mol. The lowest BCUT2D eigenvalue weighted by molar-refractivity contribution is 0.322. The van der Waals surface area contributed by atoms with Gasteiger partial charge in [-0.3, -0.25) is 0 Å². The molecule has 4 heteroatoms. The summed E-state index contributed by atoms with van der Waals surface area (Å²) >= 11 is 1.78. The molecule has 0 radical (unpaired) electrons. The zero-order valence-corrected chi connectivity index (χ0v) is 11.8. The van der Waals surface area contributed by atoms with Crippen LogP contribution in [-0.4, -0.2) is 46.6 Å². The Bertz CT molecular complexity index is 217. The van der Waals surface area contributed by atoms with E-state index in [4.69, 9.17) is 15.3 Å². The Kier molecular flexibility index (Phi) is 14.5. The summed E-state index contributed by atoms with van der Waals surface area (Å²) in [6.45, 7) is 0.469. The number of thioether (sulfide) groups is 1. The van der Waals surface area contributed by atoms with E-state index in [9.17, 15) is 0 Å². The quantitative estimate of drug-likeness (QED) is 0.376. The third kappa shape index (κ3) is 12.2. The maximum Gasteiger partial charge on any atom is 0.0612 e. The molecule has 0 saturated carbocycles. The number of aliphatic hydroxyl groups is 3. The lowest BCUT2D eigenvalue weighted by Gasteiger charge is -2.13. The maximum atomic E-state index is 8.71. The van der Waals surface area contributed by atoms with Gasteiger partial charge in [0.15, 0.2) is 0 Å². The van der Waals surface area contributed by atoms with Gasteiger partial charge in [-0.2, -0.15) is 11.8 Å². The minimum atomic E-state index is 0.108. The lowest BCUT2D eigenvalue weighted by Crippen LogP contribution is -2.02. The molecule has 0 heterocycles. The van der Waals surface area contributed by atoms with Crippen LogP contribution in [0.5, 0.6) is 0 Å². The average Bonchev–Trinajstić information content (AvgIpc) is 2.39. The summed E-state index contributed by atoms with van der Waals surface area (Å²) in [4.78, 5) is 0. The lowest BCUT2D eigenvalue weighted by atomic mass is 9.96. The highest BCUT2D eigenvalue weighted by atomic mass is 32.2. The first-order valence-corrected chi connectivity index (χ1v) is 7.71. The average molecular weight is 274 g/mol. The molecule has 1 unspecified atom stereocenters. The monoisotopic (exact) mass is 274 g/mol. The van der Waals surface area contributed by atoms with Gasteiger partial charge in [0.1, 0.15) is 0 Å². The van der Waals surface area contributed by atoms with E-state index >= 15 is 0 Å². The van der Waals surface area contributed by atoms with Crippen molar-refractivity contribution in [1.82, 2.24) is 0 Å². The molecule has 0 aromatic rings. The molecule has 0 aromatic carbocycles. The van der Waals surface area contributed by atoms with Crippen molar-refractivity contribution < 1.29 is 15.3 Å². The molecule has 0 aliphatic carbocycles. The Morgan fingerprint density at radius 1 is 0.833 bits per heavy atom. The molecule has 18 heavy (non-hydrogen) atoms. The second-order valence-corrected chi connectivity index (χ2v) is 5.34. The summed E-state index contributed by atoms with van der Waals surface area (Å²) < 4.78 is 0. The van der Waals surface area contributed by atoms with Crippen LogP contribution < -0.4 is 0 Å². The van der Waals surface area contributed by atoms with Gasteiger partial charge in [0, 0.05) is 5.75 Å². The Labute approximate surface area is 115 Å². The van der Waals surface area contributed by atoms with Crippen LogP contribution in [0.4, 0.5) is 0 Å². The summed E-state index contributed by atoms with van der Waals surface area (Å²) in [5.41, 5.74) is 0. The first kappa shape index (κ1) is 17.7. The standard InChI is InChI=1S/C14H26O3S/c15-9-4-1-2-6-14(7-3-5-10-16)8-12-18-13-11-17/h1,3-5,14-17H,2,6-13H2/b4-1+,5-3+. The third-order valence-corrected chi connectivity index (χ3v) is 3.66. The molecule has 1 atom stereocenters. The SMILES string of the molecule is OC/C=C/CCC(C/C=C/CO)CCSCCO. The van der Waals surface area contributed by atoms with Gasteiger partial charge < -0.3 is 15.3 Å². The fraction of sp³-hybridized carbons (Fsp3) is 0.714. The highest BCUT2D eigenvalue weighted by molar-refractivity contribution is 7.99. The van der Waals surface area contributed by atoms with Crippen molar-refractivity contribution in [2.75, 3.05) is 31.3 Å². The molecule has 0 fully saturated rings. The molecule has 106 valence electrons. The molecule has 0 amide bonds. The zero-order valence-electron chi connectivity index (χ0n) is 11.0. The number of aliphatic hydroxyl groups excluding tert-OH is 3. The molecule has 0 spiro atoms. The van der Waals surface area contributed by atoms with Crippen molar-refractivity contribution in [3.63, 3.8) is 0 Å². The molecule has 3 N–H and O–H groups in total. The van der Waals surface area contributed by atoms with E-state index in [1.165, 1.54) is 0 Å². The van der Waals surface area contributed by atoms with Crippen molar-refractivity contribution in [2.45, 2.75) is 25.7 Å². The summed E-state index contributed by atoms with van der Waals surface area (Å²) in [6, 6.07) is 0. The largest absolute Gasteiger partial charge is 0.396 e. The van der Waals surface area contributed by atoms with Crippen LogP contribution >= 0.6 is 11.8 Å². The molecule has 0 aromatic heterocycles. The molecule has 0 bridgehead atoms. The Morgan fingerprint density at radius 2 is 1.56 bits per heavy atom. The highest BCUT2D eigenvalue weighted by Crippen LogP contribution is 2.19. The summed E-state index contributed by atoms with van der Waals surface area (Å²) in [7, 11) is 0. The van der Waals surface area contributed by atoms with E-state index in [0.717, 1.165) is 37.2 Å². The van der Waals surface area contributed by atoms with Crippen LogP contribution in [0.15, 0.2) is 24.3 Å². The Hall–Kier alpha value is -0.290. The van der Waals surface area contributed by atoms with Gasteiger partial charge in [-0.05, 0) is 37.4 Å². The van der Waals surface area contributed by atoms with E-state index in [-0.39, 0.29) is 19.8 Å². The van der Waals surface area contributed by atoms with Gasteiger partial charge in [-0.25, -0.2) is 0 Å². The molecular formula is C14H26O3S. The molecule has 3 nitrogen and oxygen atoms in total. The Morgan fingerprint density at radius 3 is 2.22 bits per heavy atom. The van der Waals surface area contributed by atoms with Crippen molar-refractivity contribution in [3.05, 3.63) is 24.3 Å². The predicted octanol–water partition coefficient (Wildman–Crippen LogP) is 1.99. The van der Waals surface area contributed by atoms with E-state index in [1.807, 2.05) is 12.2 Å². The molecule has 0 rings (SSSR count). The van der Waals surface area contributed by atoms with Crippen molar-refractivity contribution in [2.24, 2.45) is 5.92 Å². The molecule has 0 aliphatic rings. The minimum absolute atomic E-state index is 0.108. The van der Waals surface area contributed by atoms with Crippen LogP contribution in [0.1, 0.15) is 25.7 Å². The third-order valence-electron chi connectivity index (χ3n) is 2.66. The van der Waals surface area contributed by atoms with E-state index in [1.54, 1.807) is 23.9 Å². The number of hydrogen-bond donors (Lipinski definition) is 3. The van der Waals surface area contributed by atoms with Crippen LogP contribution in [0.25, 0.3) is 0 Å². The second-order valence-electron chi connectivity index (χ2n) is 4.11. The number of allylic oxidation sites excluding steroid dienone is 2. The van der Waals surface area contributed by atoms with E-state index < -0.39 is 0 Å². The fourth-order valence-corrected chi connectivity index (χ4v) is 2.52. The number of hydrogen-bond acceptors (Lipinski definition) is 4. The van der Waals surface area contributed by atoms with Gasteiger partial charge in [-0.15, -0.1) is 0 Å². The highest BCUT2D eigenvalue weighted by Gasteiger charge is 2.06. The summed E-state index contributed by atoms with van der Waals surface area (Å²) in [5.74, 6) is 2.49. The van der Waals surface area contributed by atoms with Crippen molar-refractivity contribution >= 4 is 11.8 Å². The second kappa shape index (κ2) is 14.8. The smallest absolute Gasteiger partial charge is 0.0612 e. The van der Waals surface area contributed by atoms with E-state index in [2.05, 4.69) is 0 Å².